The highest BCUT2D eigenvalue weighted by Gasteiger charge is 2.14. The average molecular weight is 333 g/mol. The first-order valence-corrected chi connectivity index (χ1v) is 7.24. The highest BCUT2D eigenvalue weighted by atomic mass is 79.9. The number of hydrogen-bond acceptors (Lipinski definition) is 2. The number of ketones is 1. The number of methoxy groups -OCH3 is 1. The highest BCUT2D eigenvalue weighted by Crippen LogP contribution is 2.25. The summed E-state index contributed by atoms with van der Waals surface area (Å²) in [4.78, 5) is 12.5. The van der Waals surface area contributed by atoms with E-state index in [9.17, 15) is 4.79 Å². The van der Waals surface area contributed by atoms with Crippen molar-refractivity contribution >= 4 is 21.7 Å². The Morgan fingerprint density at radius 2 is 1.95 bits per heavy atom. The molecule has 0 N–H and O–H groups in total. The van der Waals surface area contributed by atoms with E-state index >= 15 is 0 Å². The van der Waals surface area contributed by atoms with Gasteiger partial charge in [0.1, 0.15) is 5.75 Å². The molecule has 0 radical (unpaired) electrons. The lowest BCUT2D eigenvalue weighted by molar-refractivity contribution is 0.0991. The van der Waals surface area contributed by atoms with Gasteiger partial charge in [0.15, 0.2) is 5.78 Å². The summed E-state index contributed by atoms with van der Waals surface area (Å²) in [6, 6.07) is 11.5. The third-order valence-electron chi connectivity index (χ3n) is 3.50. The van der Waals surface area contributed by atoms with Crippen LogP contribution in [0.4, 0.5) is 0 Å². The molecule has 3 heteroatoms. The molecule has 0 heterocycles. The quantitative estimate of drug-likeness (QED) is 0.770. The van der Waals surface area contributed by atoms with Gasteiger partial charge in [0.25, 0.3) is 0 Å². The Morgan fingerprint density at radius 1 is 1.20 bits per heavy atom. The number of ether oxygens (including phenoxy) is 1. The van der Waals surface area contributed by atoms with Gasteiger partial charge in [-0.25, -0.2) is 0 Å². The van der Waals surface area contributed by atoms with Gasteiger partial charge in [0, 0.05) is 22.0 Å². The molecule has 0 saturated heterocycles. The lowest BCUT2D eigenvalue weighted by atomic mass is 9.96. The predicted molar refractivity (Wildman–Crippen MR) is 84.6 cm³/mol. The SMILES string of the molecule is COc1ccc(Br)cc1CC(=O)c1cccc(C)c1C. The van der Waals surface area contributed by atoms with Gasteiger partial charge in [-0.3, -0.25) is 4.79 Å². The summed E-state index contributed by atoms with van der Waals surface area (Å²) in [6.45, 7) is 4.01. The van der Waals surface area contributed by atoms with Gasteiger partial charge >= 0.3 is 0 Å². The van der Waals surface area contributed by atoms with Gasteiger partial charge in [-0.15, -0.1) is 0 Å². The molecule has 2 nitrogen and oxygen atoms in total. The van der Waals surface area contributed by atoms with Crippen molar-refractivity contribution in [3.8, 4) is 5.75 Å². The fraction of sp³-hybridized carbons (Fsp3) is 0.235. The normalized spacial score (nSPS) is 10.4. The van der Waals surface area contributed by atoms with Crippen molar-refractivity contribution in [3.63, 3.8) is 0 Å². The van der Waals surface area contributed by atoms with Crippen LogP contribution in [0.5, 0.6) is 5.75 Å². The zero-order chi connectivity index (χ0) is 14.7. The Hall–Kier alpha value is -1.61. The van der Waals surface area contributed by atoms with E-state index in [1.54, 1.807) is 7.11 Å². The van der Waals surface area contributed by atoms with Crippen molar-refractivity contribution in [1.82, 2.24) is 0 Å². The number of carbonyl (C=O) groups excluding carboxylic acids is 1. The number of carbonyl (C=O) groups is 1. The number of benzene rings is 2. The van der Waals surface area contributed by atoms with Gasteiger partial charge in [-0.1, -0.05) is 34.1 Å². The average Bonchev–Trinajstić information content (AvgIpc) is 2.42. The van der Waals surface area contributed by atoms with E-state index in [4.69, 9.17) is 4.74 Å². The summed E-state index contributed by atoms with van der Waals surface area (Å²) in [5.41, 5.74) is 3.86. The van der Waals surface area contributed by atoms with E-state index in [1.165, 1.54) is 0 Å². The van der Waals surface area contributed by atoms with Crippen LogP contribution in [0.15, 0.2) is 40.9 Å². The largest absolute Gasteiger partial charge is 0.496 e. The maximum Gasteiger partial charge on any atom is 0.167 e. The summed E-state index contributed by atoms with van der Waals surface area (Å²) < 4.78 is 6.26. The standard InChI is InChI=1S/C17H17BrO2/c1-11-5-4-6-15(12(11)2)16(19)10-13-9-14(18)7-8-17(13)20-3/h4-9H,10H2,1-3H3. The van der Waals surface area contributed by atoms with E-state index < -0.39 is 0 Å². The Balaban J connectivity index is 2.32. The van der Waals surface area contributed by atoms with Crippen molar-refractivity contribution in [2.45, 2.75) is 20.3 Å². The molecule has 0 spiro atoms. The second-order valence-corrected chi connectivity index (χ2v) is 5.72. The number of hydrogen-bond donors (Lipinski definition) is 0. The van der Waals surface area contributed by atoms with E-state index in [-0.39, 0.29) is 5.78 Å². The van der Waals surface area contributed by atoms with Crippen molar-refractivity contribution in [2.24, 2.45) is 0 Å². The van der Waals surface area contributed by atoms with Crippen LogP contribution in [-0.2, 0) is 6.42 Å². The molecule has 0 fully saturated rings. The minimum atomic E-state index is 0.114. The highest BCUT2D eigenvalue weighted by molar-refractivity contribution is 9.10. The van der Waals surface area contributed by atoms with Gasteiger partial charge in [-0.2, -0.15) is 0 Å². The molecule has 0 aliphatic carbocycles. The fourth-order valence-electron chi connectivity index (χ4n) is 2.21. The third-order valence-corrected chi connectivity index (χ3v) is 3.99. The molecule has 2 aromatic rings. The van der Waals surface area contributed by atoms with Crippen LogP contribution in [0, 0.1) is 13.8 Å². The van der Waals surface area contributed by atoms with Crippen LogP contribution < -0.4 is 4.74 Å². The summed E-state index contributed by atoms with van der Waals surface area (Å²) >= 11 is 3.43. The Labute approximate surface area is 127 Å². The molecule has 2 rings (SSSR count). The maximum atomic E-state index is 12.5. The first-order valence-electron chi connectivity index (χ1n) is 6.44. The predicted octanol–water partition coefficient (Wildman–Crippen LogP) is 4.50. The first-order chi connectivity index (χ1) is 9.52. The van der Waals surface area contributed by atoms with Gasteiger partial charge in [-0.05, 0) is 43.2 Å². The van der Waals surface area contributed by atoms with Crippen molar-refractivity contribution < 1.29 is 9.53 Å². The van der Waals surface area contributed by atoms with Gasteiger partial charge < -0.3 is 4.74 Å². The smallest absolute Gasteiger partial charge is 0.167 e. The summed E-state index contributed by atoms with van der Waals surface area (Å²) in [7, 11) is 1.62. The van der Waals surface area contributed by atoms with E-state index in [2.05, 4.69) is 15.9 Å². The molecule has 0 aromatic heterocycles. The molecule has 0 atom stereocenters. The van der Waals surface area contributed by atoms with Crippen molar-refractivity contribution in [2.75, 3.05) is 7.11 Å². The van der Waals surface area contributed by atoms with Crippen molar-refractivity contribution in [3.05, 3.63) is 63.1 Å². The summed E-state index contributed by atoms with van der Waals surface area (Å²) in [6.07, 6.45) is 0.340. The number of rotatable bonds is 4. The Morgan fingerprint density at radius 3 is 2.65 bits per heavy atom. The van der Waals surface area contributed by atoms with E-state index in [1.807, 2.05) is 50.2 Å². The van der Waals surface area contributed by atoms with Gasteiger partial charge in [0.2, 0.25) is 0 Å². The zero-order valence-electron chi connectivity index (χ0n) is 11.9. The summed E-state index contributed by atoms with van der Waals surface area (Å²) in [5.74, 6) is 0.856. The minimum Gasteiger partial charge on any atom is -0.496 e. The van der Waals surface area contributed by atoms with Crippen LogP contribution in [0.1, 0.15) is 27.0 Å². The molecule has 0 aliphatic rings. The maximum absolute atomic E-state index is 12.5. The Kier molecular flexibility index (Phi) is 4.61. The molecule has 0 saturated carbocycles. The number of halogens is 1. The van der Waals surface area contributed by atoms with Crippen LogP contribution in [0.25, 0.3) is 0 Å². The summed E-state index contributed by atoms with van der Waals surface area (Å²) in [5, 5.41) is 0. The zero-order valence-corrected chi connectivity index (χ0v) is 13.5. The van der Waals surface area contributed by atoms with E-state index in [0.29, 0.717) is 6.42 Å². The Bertz CT molecular complexity index is 647. The molecule has 0 amide bonds. The monoisotopic (exact) mass is 332 g/mol. The molecule has 20 heavy (non-hydrogen) atoms. The molecule has 0 unspecified atom stereocenters. The molecule has 104 valence electrons. The molecule has 2 aromatic carbocycles. The van der Waals surface area contributed by atoms with Crippen molar-refractivity contribution in [1.29, 1.82) is 0 Å². The topological polar surface area (TPSA) is 26.3 Å². The first kappa shape index (κ1) is 14.8. The molecular weight excluding hydrogens is 316 g/mol. The number of Topliss-reactive ketones (excluding diaryl/α,β-unsaturated/α-hetero) is 1. The van der Waals surface area contributed by atoms with E-state index in [0.717, 1.165) is 32.5 Å². The second kappa shape index (κ2) is 6.23. The fourth-order valence-corrected chi connectivity index (χ4v) is 2.62. The van der Waals surface area contributed by atoms with Crippen LogP contribution >= 0.6 is 15.9 Å². The van der Waals surface area contributed by atoms with Crippen LogP contribution in [0.2, 0.25) is 0 Å². The third kappa shape index (κ3) is 3.10. The molecule has 0 aliphatic heterocycles. The molecule has 0 bridgehead atoms. The molecular formula is C17H17BrO2. The number of aryl methyl sites for hydroxylation is 1. The second-order valence-electron chi connectivity index (χ2n) is 4.80. The van der Waals surface area contributed by atoms with Crippen LogP contribution in [0.3, 0.4) is 0 Å². The lowest BCUT2D eigenvalue weighted by Crippen LogP contribution is -2.07. The lowest BCUT2D eigenvalue weighted by Gasteiger charge is -2.11. The van der Waals surface area contributed by atoms with Crippen LogP contribution in [-0.4, -0.2) is 12.9 Å². The minimum absolute atomic E-state index is 0.114. The van der Waals surface area contributed by atoms with Gasteiger partial charge in [0.05, 0.1) is 7.11 Å².